The zero-order chi connectivity index (χ0) is 17.1. The van der Waals surface area contributed by atoms with Crippen LogP contribution < -0.4 is 4.90 Å². The lowest BCUT2D eigenvalue weighted by Gasteiger charge is -2.30. The van der Waals surface area contributed by atoms with Gasteiger partial charge < -0.3 is 9.64 Å². The molecule has 1 atom stereocenters. The predicted octanol–water partition coefficient (Wildman–Crippen LogP) is 3.56. The third-order valence-corrected chi connectivity index (χ3v) is 5.42. The number of rotatable bonds is 4. The van der Waals surface area contributed by atoms with Gasteiger partial charge in [-0.25, -0.2) is 4.98 Å². The van der Waals surface area contributed by atoms with Gasteiger partial charge in [-0.3, -0.25) is 4.90 Å². The number of aryl methyl sites for hydroxylation is 1. The first kappa shape index (κ1) is 16.6. The number of hydrogen-bond acceptors (Lipinski definition) is 4. The summed E-state index contributed by atoms with van der Waals surface area (Å²) in [5.41, 5.74) is 4.15. The van der Waals surface area contributed by atoms with Gasteiger partial charge in [0.05, 0.1) is 13.2 Å². The number of benzene rings is 1. The Kier molecular flexibility index (Phi) is 4.99. The average Bonchev–Trinajstić information content (AvgIpc) is 3.11. The average molecular weight is 337 g/mol. The van der Waals surface area contributed by atoms with Crippen molar-refractivity contribution in [2.24, 2.45) is 0 Å². The van der Waals surface area contributed by atoms with E-state index in [1.807, 2.05) is 0 Å². The largest absolute Gasteiger partial charge is 0.378 e. The third-order valence-electron chi connectivity index (χ3n) is 5.42. The van der Waals surface area contributed by atoms with Gasteiger partial charge in [0.25, 0.3) is 0 Å². The van der Waals surface area contributed by atoms with E-state index in [1.54, 1.807) is 0 Å². The van der Waals surface area contributed by atoms with Crippen molar-refractivity contribution < 1.29 is 4.74 Å². The number of ether oxygens (including phenoxy) is 1. The Bertz CT molecular complexity index is 698. The lowest BCUT2D eigenvalue weighted by molar-refractivity contribution is 0.122. The molecule has 0 saturated carbocycles. The molecule has 2 aliphatic rings. The molecule has 1 aromatic carbocycles. The molecule has 0 spiro atoms. The van der Waals surface area contributed by atoms with E-state index < -0.39 is 0 Å². The summed E-state index contributed by atoms with van der Waals surface area (Å²) < 4.78 is 5.45. The Morgan fingerprint density at radius 1 is 1.12 bits per heavy atom. The van der Waals surface area contributed by atoms with Crippen LogP contribution in [0.2, 0.25) is 0 Å². The van der Waals surface area contributed by atoms with Crippen molar-refractivity contribution in [3.8, 4) is 0 Å². The number of anilines is 1. The van der Waals surface area contributed by atoms with Gasteiger partial charge >= 0.3 is 0 Å². The number of aromatic nitrogens is 1. The molecule has 1 aromatic heterocycles. The van der Waals surface area contributed by atoms with Crippen LogP contribution in [0.15, 0.2) is 42.6 Å². The molecule has 4 nitrogen and oxygen atoms in total. The molecule has 4 rings (SSSR count). The summed E-state index contributed by atoms with van der Waals surface area (Å²) >= 11 is 0. The van der Waals surface area contributed by atoms with E-state index in [4.69, 9.17) is 9.72 Å². The molecule has 0 N–H and O–H groups in total. The Balaban J connectivity index is 1.51. The molecule has 0 unspecified atom stereocenters. The molecule has 0 radical (unpaired) electrons. The number of morpholine rings is 1. The van der Waals surface area contributed by atoms with Crippen molar-refractivity contribution in [2.75, 3.05) is 37.7 Å². The van der Waals surface area contributed by atoms with Crippen molar-refractivity contribution in [1.29, 1.82) is 0 Å². The van der Waals surface area contributed by atoms with Crippen LogP contribution in [0.1, 0.15) is 35.6 Å². The van der Waals surface area contributed by atoms with E-state index >= 15 is 0 Å². The van der Waals surface area contributed by atoms with E-state index in [0.717, 1.165) is 38.7 Å². The van der Waals surface area contributed by atoms with Gasteiger partial charge in [0.15, 0.2) is 0 Å². The molecule has 2 saturated heterocycles. The van der Waals surface area contributed by atoms with E-state index in [-0.39, 0.29) is 0 Å². The molecule has 0 bridgehead atoms. The van der Waals surface area contributed by atoms with Gasteiger partial charge in [-0.2, -0.15) is 0 Å². The van der Waals surface area contributed by atoms with E-state index in [2.05, 4.69) is 59.3 Å². The zero-order valence-corrected chi connectivity index (χ0v) is 15.0. The Morgan fingerprint density at radius 2 is 1.92 bits per heavy atom. The highest BCUT2D eigenvalue weighted by Crippen LogP contribution is 2.35. The summed E-state index contributed by atoms with van der Waals surface area (Å²) in [6, 6.07) is 13.5. The van der Waals surface area contributed by atoms with Gasteiger partial charge in [0, 0.05) is 31.9 Å². The van der Waals surface area contributed by atoms with Crippen LogP contribution in [0.25, 0.3) is 0 Å². The first-order valence-corrected chi connectivity index (χ1v) is 9.38. The summed E-state index contributed by atoms with van der Waals surface area (Å²) in [5, 5.41) is 0. The molecule has 0 amide bonds. The molecular formula is C21H27N3O. The minimum absolute atomic E-state index is 0.492. The second-order valence-electron chi connectivity index (χ2n) is 7.11. The van der Waals surface area contributed by atoms with Crippen molar-refractivity contribution in [3.63, 3.8) is 0 Å². The predicted molar refractivity (Wildman–Crippen MR) is 101 cm³/mol. The van der Waals surface area contributed by atoms with Crippen molar-refractivity contribution in [1.82, 2.24) is 9.88 Å². The van der Waals surface area contributed by atoms with E-state index in [9.17, 15) is 0 Å². The fourth-order valence-electron chi connectivity index (χ4n) is 4.05. The highest BCUT2D eigenvalue weighted by Gasteiger charge is 2.27. The molecule has 2 aliphatic heterocycles. The first-order chi connectivity index (χ1) is 12.3. The van der Waals surface area contributed by atoms with Gasteiger partial charge in [-0.05, 0) is 49.1 Å². The molecule has 132 valence electrons. The Morgan fingerprint density at radius 3 is 2.68 bits per heavy atom. The second-order valence-corrected chi connectivity index (χ2v) is 7.11. The standard InChI is InChI=1S/C21H27N3O/c1-17-14-21(23-10-12-25-13-11-23)22-15-19(17)20-8-5-9-24(20)16-18-6-3-2-4-7-18/h2-4,6-7,14-15,20H,5,8-13,16H2,1H3/t20-/m0/s1. The topological polar surface area (TPSA) is 28.6 Å². The SMILES string of the molecule is Cc1cc(N2CCOCC2)ncc1[C@@H]1CCCN1Cc1ccccc1. The van der Waals surface area contributed by atoms with Crippen LogP contribution >= 0.6 is 0 Å². The quantitative estimate of drug-likeness (QED) is 0.853. The van der Waals surface area contributed by atoms with Gasteiger partial charge in [-0.15, -0.1) is 0 Å². The van der Waals surface area contributed by atoms with Gasteiger partial charge in [0.1, 0.15) is 5.82 Å². The maximum atomic E-state index is 5.45. The number of pyridine rings is 1. The fourth-order valence-corrected chi connectivity index (χ4v) is 4.05. The van der Waals surface area contributed by atoms with Crippen LogP contribution in [0.4, 0.5) is 5.82 Å². The maximum absolute atomic E-state index is 5.45. The molecule has 0 aliphatic carbocycles. The van der Waals surface area contributed by atoms with Crippen LogP contribution in [0, 0.1) is 6.92 Å². The second kappa shape index (κ2) is 7.54. The van der Waals surface area contributed by atoms with Crippen LogP contribution in [0.3, 0.4) is 0 Å². The van der Waals surface area contributed by atoms with Gasteiger partial charge in [0.2, 0.25) is 0 Å². The van der Waals surface area contributed by atoms with Crippen LogP contribution in [0.5, 0.6) is 0 Å². The summed E-state index contributed by atoms with van der Waals surface area (Å²) in [4.78, 5) is 9.73. The summed E-state index contributed by atoms with van der Waals surface area (Å²) in [7, 11) is 0. The maximum Gasteiger partial charge on any atom is 0.128 e. The Labute approximate surface area is 150 Å². The van der Waals surface area contributed by atoms with Crippen molar-refractivity contribution >= 4 is 5.82 Å². The minimum atomic E-state index is 0.492. The van der Waals surface area contributed by atoms with E-state index in [1.165, 1.54) is 36.1 Å². The monoisotopic (exact) mass is 337 g/mol. The molecular weight excluding hydrogens is 310 g/mol. The van der Waals surface area contributed by atoms with E-state index in [0.29, 0.717) is 6.04 Å². The molecule has 2 aromatic rings. The summed E-state index contributed by atoms with van der Waals surface area (Å²) in [6.45, 7) is 7.91. The number of likely N-dealkylation sites (tertiary alicyclic amines) is 1. The summed E-state index contributed by atoms with van der Waals surface area (Å²) in [6.07, 6.45) is 4.61. The highest BCUT2D eigenvalue weighted by atomic mass is 16.5. The van der Waals surface area contributed by atoms with Crippen molar-refractivity contribution in [3.05, 3.63) is 59.3 Å². The highest BCUT2D eigenvalue weighted by molar-refractivity contribution is 5.44. The molecule has 25 heavy (non-hydrogen) atoms. The molecule has 2 fully saturated rings. The van der Waals surface area contributed by atoms with Crippen LogP contribution in [-0.4, -0.2) is 42.7 Å². The molecule has 4 heteroatoms. The lowest BCUT2D eigenvalue weighted by atomic mass is 10.0. The summed E-state index contributed by atoms with van der Waals surface area (Å²) in [5.74, 6) is 1.09. The van der Waals surface area contributed by atoms with Crippen molar-refractivity contribution in [2.45, 2.75) is 32.4 Å². The normalized spacial score (nSPS) is 21.6. The Hall–Kier alpha value is -1.91. The lowest BCUT2D eigenvalue weighted by Crippen LogP contribution is -2.36. The minimum Gasteiger partial charge on any atom is -0.378 e. The van der Waals surface area contributed by atoms with Crippen LogP contribution in [-0.2, 0) is 11.3 Å². The third kappa shape index (κ3) is 3.70. The molecule has 3 heterocycles. The van der Waals surface area contributed by atoms with Gasteiger partial charge in [-0.1, -0.05) is 30.3 Å². The fraction of sp³-hybridized carbons (Fsp3) is 0.476. The number of hydrogen-bond donors (Lipinski definition) is 0. The first-order valence-electron chi connectivity index (χ1n) is 9.38. The number of nitrogens with zero attached hydrogens (tertiary/aromatic N) is 3. The smallest absolute Gasteiger partial charge is 0.128 e. The zero-order valence-electron chi connectivity index (χ0n) is 15.0.